The van der Waals surface area contributed by atoms with Crippen LogP contribution in [0.1, 0.15) is 15.9 Å². The van der Waals surface area contributed by atoms with Crippen molar-refractivity contribution in [3.63, 3.8) is 0 Å². The maximum atomic E-state index is 13.0. The Kier molecular flexibility index (Phi) is 5.14. The molecule has 140 valence electrons. The van der Waals surface area contributed by atoms with Gasteiger partial charge in [-0.2, -0.15) is 9.67 Å². The summed E-state index contributed by atoms with van der Waals surface area (Å²) >= 11 is 12.2. The average molecular weight is 413 g/mol. The molecule has 2 aromatic heterocycles. The minimum Gasteiger partial charge on any atom is -0.461 e. The second-order valence-corrected chi connectivity index (χ2v) is 6.75. The van der Waals surface area contributed by atoms with E-state index in [4.69, 9.17) is 27.6 Å². The van der Waals surface area contributed by atoms with E-state index >= 15 is 0 Å². The summed E-state index contributed by atoms with van der Waals surface area (Å²) in [5, 5.41) is 8.52. The second-order valence-electron chi connectivity index (χ2n) is 5.91. The van der Waals surface area contributed by atoms with Crippen LogP contribution in [0.5, 0.6) is 0 Å². The lowest BCUT2D eigenvalue weighted by Crippen LogP contribution is -2.17. The van der Waals surface area contributed by atoms with Crippen LogP contribution in [0.3, 0.4) is 0 Å². The van der Waals surface area contributed by atoms with Gasteiger partial charge in [0.05, 0.1) is 6.26 Å². The number of nitrogens with one attached hydrogen (secondary N) is 1. The molecule has 0 unspecified atom stereocenters. The third-order valence-electron chi connectivity index (χ3n) is 4.01. The zero-order valence-electron chi connectivity index (χ0n) is 14.5. The van der Waals surface area contributed by atoms with E-state index in [0.717, 1.165) is 5.56 Å². The van der Waals surface area contributed by atoms with Gasteiger partial charge in [0.1, 0.15) is 0 Å². The molecule has 0 atom stereocenters. The van der Waals surface area contributed by atoms with Gasteiger partial charge in [0.2, 0.25) is 11.8 Å². The third-order valence-corrected chi connectivity index (χ3v) is 4.61. The molecule has 0 fully saturated rings. The largest absolute Gasteiger partial charge is 0.461 e. The number of benzene rings is 2. The number of aromatic nitrogens is 3. The molecule has 8 heteroatoms. The van der Waals surface area contributed by atoms with Gasteiger partial charge in [0, 0.05) is 22.2 Å². The lowest BCUT2D eigenvalue weighted by Gasteiger charge is -2.08. The molecule has 2 aromatic carbocycles. The number of rotatable bonds is 5. The van der Waals surface area contributed by atoms with E-state index < -0.39 is 0 Å². The molecule has 0 amide bonds. The molecule has 0 aliphatic heterocycles. The number of furan rings is 1. The molecule has 0 radical (unpaired) electrons. The third kappa shape index (κ3) is 3.78. The standard InChI is InChI=1S/C20H14Cl2N4O2/c21-15-7-3-6-13(11-15)19(27)26-20(23-12-14-5-1-2-8-16(14)22)24-18(25-26)17-9-4-10-28-17/h1-11H,12H2,(H,23,24,25). The minimum atomic E-state index is -0.366. The first-order valence-electron chi connectivity index (χ1n) is 8.40. The van der Waals surface area contributed by atoms with Crippen LogP contribution in [0.2, 0.25) is 10.0 Å². The van der Waals surface area contributed by atoms with Crippen LogP contribution >= 0.6 is 23.2 Å². The van der Waals surface area contributed by atoms with E-state index in [9.17, 15) is 4.79 Å². The maximum Gasteiger partial charge on any atom is 0.281 e. The molecule has 0 bridgehead atoms. The normalized spacial score (nSPS) is 10.8. The number of halogens is 2. The van der Waals surface area contributed by atoms with E-state index in [1.807, 2.05) is 18.2 Å². The highest BCUT2D eigenvalue weighted by molar-refractivity contribution is 6.31. The van der Waals surface area contributed by atoms with Crippen molar-refractivity contribution in [1.82, 2.24) is 14.8 Å². The number of hydrogen-bond donors (Lipinski definition) is 1. The van der Waals surface area contributed by atoms with Crippen LogP contribution in [0.15, 0.2) is 71.3 Å². The molecule has 0 aliphatic carbocycles. The topological polar surface area (TPSA) is 73.0 Å². The summed E-state index contributed by atoms with van der Waals surface area (Å²) in [6.07, 6.45) is 1.52. The highest BCUT2D eigenvalue weighted by Gasteiger charge is 2.20. The number of anilines is 1. The van der Waals surface area contributed by atoms with Crippen molar-refractivity contribution >= 4 is 35.1 Å². The molecule has 0 saturated heterocycles. The molecular formula is C20H14Cl2N4O2. The van der Waals surface area contributed by atoms with Crippen molar-refractivity contribution in [2.24, 2.45) is 0 Å². The van der Waals surface area contributed by atoms with Crippen LogP contribution in [-0.2, 0) is 6.54 Å². The molecule has 28 heavy (non-hydrogen) atoms. The summed E-state index contributed by atoms with van der Waals surface area (Å²) in [6.45, 7) is 0.374. The van der Waals surface area contributed by atoms with E-state index in [-0.39, 0.29) is 11.9 Å². The Bertz CT molecular complexity index is 1120. The summed E-state index contributed by atoms with van der Waals surface area (Å²) in [5.74, 6) is 0.659. The molecule has 6 nitrogen and oxygen atoms in total. The number of nitrogens with zero attached hydrogens (tertiary/aromatic N) is 3. The smallest absolute Gasteiger partial charge is 0.281 e. The van der Waals surface area contributed by atoms with Gasteiger partial charge in [-0.1, -0.05) is 47.5 Å². The summed E-state index contributed by atoms with van der Waals surface area (Å²) in [4.78, 5) is 17.4. The zero-order chi connectivity index (χ0) is 19.5. The average Bonchev–Trinajstić information content (AvgIpc) is 3.36. The van der Waals surface area contributed by atoms with Crippen molar-refractivity contribution in [1.29, 1.82) is 0 Å². The Labute approximate surface area is 170 Å². The van der Waals surface area contributed by atoms with Gasteiger partial charge in [0.15, 0.2) is 5.76 Å². The predicted octanol–water partition coefficient (Wildman–Crippen LogP) is 5.15. The van der Waals surface area contributed by atoms with Crippen LogP contribution < -0.4 is 5.32 Å². The van der Waals surface area contributed by atoms with Crippen molar-refractivity contribution in [2.45, 2.75) is 6.54 Å². The molecule has 4 aromatic rings. The molecule has 0 aliphatic rings. The Morgan fingerprint density at radius 3 is 2.68 bits per heavy atom. The minimum absolute atomic E-state index is 0.274. The molecule has 4 rings (SSSR count). The van der Waals surface area contributed by atoms with E-state index in [0.29, 0.717) is 33.7 Å². The Hall–Kier alpha value is -3.09. The van der Waals surface area contributed by atoms with E-state index in [1.54, 1.807) is 42.5 Å². The summed E-state index contributed by atoms with van der Waals surface area (Å²) in [6, 6.07) is 17.5. The first-order valence-corrected chi connectivity index (χ1v) is 9.16. The summed E-state index contributed by atoms with van der Waals surface area (Å²) in [7, 11) is 0. The van der Waals surface area contributed by atoms with E-state index in [1.165, 1.54) is 10.9 Å². The van der Waals surface area contributed by atoms with E-state index in [2.05, 4.69) is 15.4 Å². The molecular weight excluding hydrogens is 399 g/mol. The summed E-state index contributed by atoms with van der Waals surface area (Å²) in [5.41, 5.74) is 1.26. The maximum absolute atomic E-state index is 13.0. The highest BCUT2D eigenvalue weighted by atomic mass is 35.5. The fraction of sp³-hybridized carbons (Fsp3) is 0.0500. The Morgan fingerprint density at radius 1 is 1.07 bits per heavy atom. The molecule has 1 N–H and O–H groups in total. The van der Waals surface area contributed by atoms with Crippen LogP contribution in [0.4, 0.5) is 5.95 Å². The van der Waals surface area contributed by atoms with Gasteiger partial charge >= 0.3 is 0 Å². The predicted molar refractivity (Wildman–Crippen MR) is 108 cm³/mol. The van der Waals surface area contributed by atoms with Crippen LogP contribution in [0, 0.1) is 0 Å². The van der Waals surface area contributed by atoms with Crippen molar-refractivity contribution in [2.75, 3.05) is 5.32 Å². The van der Waals surface area contributed by atoms with Crippen molar-refractivity contribution in [3.05, 3.63) is 88.1 Å². The fourth-order valence-corrected chi connectivity index (χ4v) is 3.03. The van der Waals surface area contributed by atoms with Crippen molar-refractivity contribution < 1.29 is 9.21 Å². The zero-order valence-corrected chi connectivity index (χ0v) is 16.0. The first-order chi connectivity index (χ1) is 13.6. The summed E-state index contributed by atoms with van der Waals surface area (Å²) < 4.78 is 6.55. The SMILES string of the molecule is O=C(c1cccc(Cl)c1)n1nc(-c2ccco2)nc1NCc1ccccc1Cl. The Morgan fingerprint density at radius 2 is 1.93 bits per heavy atom. The first kappa shape index (κ1) is 18.3. The number of carbonyl (C=O) groups excluding carboxylic acids is 1. The lowest BCUT2D eigenvalue weighted by atomic mass is 10.2. The van der Waals surface area contributed by atoms with Gasteiger partial charge < -0.3 is 9.73 Å². The van der Waals surface area contributed by atoms with Crippen molar-refractivity contribution in [3.8, 4) is 11.6 Å². The lowest BCUT2D eigenvalue weighted by molar-refractivity contribution is 0.0947. The van der Waals surface area contributed by atoms with Gasteiger partial charge in [-0.25, -0.2) is 0 Å². The molecule has 0 spiro atoms. The number of hydrogen-bond acceptors (Lipinski definition) is 5. The fourth-order valence-electron chi connectivity index (χ4n) is 2.64. The van der Waals surface area contributed by atoms with Gasteiger partial charge in [-0.3, -0.25) is 4.79 Å². The monoisotopic (exact) mass is 412 g/mol. The van der Waals surface area contributed by atoms with Crippen LogP contribution in [0.25, 0.3) is 11.6 Å². The Balaban J connectivity index is 1.69. The van der Waals surface area contributed by atoms with Gasteiger partial charge in [-0.15, -0.1) is 5.10 Å². The number of carbonyl (C=O) groups is 1. The van der Waals surface area contributed by atoms with Gasteiger partial charge in [-0.05, 0) is 42.0 Å². The second kappa shape index (κ2) is 7.88. The quantitative estimate of drug-likeness (QED) is 0.490. The molecule has 0 saturated carbocycles. The van der Waals surface area contributed by atoms with Gasteiger partial charge in [0.25, 0.3) is 5.91 Å². The highest BCUT2D eigenvalue weighted by Crippen LogP contribution is 2.22. The molecule has 2 heterocycles. The van der Waals surface area contributed by atoms with Crippen LogP contribution in [-0.4, -0.2) is 20.7 Å².